The van der Waals surface area contributed by atoms with Gasteiger partial charge in [-0.2, -0.15) is 4.98 Å². The molecule has 3 N–H and O–H groups in total. The smallest absolute Gasteiger partial charge is 0.231 e. The Labute approximate surface area is 156 Å². The van der Waals surface area contributed by atoms with E-state index in [9.17, 15) is 4.79 Å². The highest BCUT2D eigenvalue weighted by Crippen LogP contribution is 2.32. The highest BCUT2D eigenvalue weighted by atomic mass is 16.2. The van der Waals surface area contributed by atoms with Crippen LogP contribution in [0.15, 0.2) is 24.5 Å². The van der Waals surface area contributed by atoms with Crippen molar-refractivity contribution in [2.45, 2.75) is 13.8 Å². The molecule has 0 radical (unpaired) electrons. The van der Waals surface area contributed by atoms with Gasteiger partial charge in [0.1, 0.15) is 11.5 Å². The van der Waals surface area contributed by atoms with Crippen LogP contribution in [0.25, 0.3) is 11.0 Å². The summed E-state index contributed by atoms with van der Waals surface area (Å²) in [6.07, 6.45) is 3.67. The molecule has 8 heteroatoms. The molecule has 1 amide bonds. The summed E-state index contributed by atoms with van der Waals surface area (Å²) in [6, 6.07) is 3.78. The van der Waals surface area contributed by atoms with E-state index in [0.717, 1.165) is 47.6 Å². The summed E-state index contributed by atoms with van der Waals surface area (Å²) in [4.78, 5) is 31.1. The van der Waals surface area contributed by atoms with Crippen molar-refractivity contribution < 1.29 is 4.79 Å². The first-order valence-electron chi connectivity index (χ1n) is 9.17. The number of hydrogen-bond acceptors (Lipinski definition) is 6. The Kier molecular flexibility index (Phi) is 3.61. The van der Waals surface area contributed by atoms with E-state index >= 15 is 0 Å². The SMILES string of the molecule is Cc1c[nH]c2nc(Nc3ccc(N4CC5CNCC5C4=O)cn3)nc(C)c12. The number of fused-ring (bicyclic) bond motifs is 2. The summed E-state index contributed by atoms with van der Waals surface area (Å²) < 4.78 is 0. The summed E-state index contributed by atoms with van der Waals surface area (Å²) in [5.74, 6) is 1.85. The van der Waals surface area contributed by atoms with Gasteiger partial charge in [0.25, 0.3) is 0 Å². The monoisotopic (exact) mass is 363 g/mol. The zero-order chi connectivity index (χ0) is 18.5. The van der Waals surface area contributed by atoms with Crippen LogP contribution in [0.3, 0.4) is 0 Å². The van der Waals surface area contributed by atoms with Crippen molar-refractivity contribution in [1.29, 1.82) is 0 Å². The van der Waals surface area contributed by atoms with Crippen molar-refractivity contribution in [3.05, 3.63) is 35.8 Å². The Hall–Kier alpha value is -3.00. The Morgan fingerprint density at radius 2 is 2.11 bits per heavy atom. The van der Waals surface area contributed by atoms with Gasteiger partial charge in [-0.15, -0.1) is 0 Å². The zero-order valence-corrected chi connectivity index (χ0v) is 15.3. The second-order valence-corrected chi connectivity index (χ2v) is 7.33. The first-order chi connectivity index (χ1) is 13.1. The van der Waals surface area contributed by atoms with Crippen LogP contribution in [0.1, 0.15) is 11.3 Å². The predicted molar refractivity (Wildman–Crippen MR) is 103 cm³/mol. The summed E-state index contributed by atoms with van der Waals surface area (Å²) >= 11 is 0. The van der Waals surface area contributed by atoms with Crippen LogP contribution in [0.5, 0.6) is 0 Å². The molecule has 0 aliphatic carbocycles. The number of hydrogen-bond donors (Lipinski definition) is 3. The fraction of sp³-hybridized carbons (Fsp3) is 0.368. The number of aryl methyl sites for hydroxylation is 2. The van der Waals surface area contributed by atoms with Gasteiger partial charge in [-0.3, -0.25) is 4.79 Å². The lowest BCUT2D eigenvalue weighted by atomic mass is 10.0. The molecule has 0 saturated carbocycles. The van der Waals surface area contributed by atoms with E-state index in [0.29, 0.717) is 17.7 Å². The number of nitrogens with one attached hydrogen (secondary N) is 3. The van der Waals surface area contributed by atoms with Crippen molar-refractivity contribution in [2.24, 2.45) is 11.8 Å². The van der Waals surface area contributed by atoms with Crippen LogP contribution in [0.2, 0.25) is 0 Å². The lowest BCUT2D eigenvalue weighted by Crippen LogP contribution is -2.30. The topological polar surface area (TPSA) is 98.8 Å². The number of H-pyrrole nitrogens is 1. The number of rotatable bonds is 3. The molecular formula is C19H21N7O. The standard InChI is InChI=1S/C19H21N7O/c1-10-5-22-17-16(10)11(2)23-19(25-17)24-15-4-3-13(7-21-15)26-9-12-6-20-8-14(12)18(26)27/h3-5,7,12,14,20H,6,8-9H2,1-2H3,(H2,21,22,23,24,25). The zero-order valence-electron chi connectivity index (χ0n) is 15.3. The highest BCUT2D eigenvalue weighted by molar-refractivity contribution is 5.98. The third-order valence-electron chi connectivity index (χ3n) is 5.55. The minimum Gasteiger partial charge on any atom is -0.346 e. The molecule has 5 rings (SSSR count). The number of carbonyl (C=O) groups is 1. The van der Waals surface area contributed by atoms with Gasteiger partial charge in [-0.1, -0.05) is 0 Å². The normalized spacial score (nSPS) is 21.9. The molecule has 138 valence electrons. The van der Waals surface area contributed by atoms with Gasteiger partial charge in [-0.25, -0.2) is 9.97 Å². The Balaban J connectivity index is 1.36. The maximum absolute atomic E-state index is 12.5. The molecule has 2 aliphatic heterocycles. The molecule has 2 fully saturated rings. The quantitative estimate of drug-likeness (QED) is 0.657. The van der Waals surface area contributed by atoms with Crippen molar-refractivity contribution in [3.63, 3.8) is 0 Å². The molecule has 0 bridgehead atoms. The lowest BCUT2D eigenvalue weighted by molar-refractivity contribution is -0.120. The van der Waals surface area contributed by atoms with E-state index in [2.05, 4.69) is 30.6 Å². The number of carbonyl (C=O) groups excluding carboxylic acids is 1. The summed E-state index contributed by atoms with van der Waals surface area (Å²) in [7, 11) is 0. The number of anilines is 3. The van der Waals surface area contributed by atoms with Gasteiger partial charge in [0.05, 0.1) is 23.5 Å². The lowest BCUT2D eigenvalue weighted by Gasteiger charge is -2.17. The van der Waals surface area contributed by atoms with Gasteiger partial charge in [0.15, 0.2) is 0 Å². The molecule has 0 spiro atoms. The largest absolute Gasteiger partial charge is 0.346 e. The fourth-order valence-corrected chi connectivity index (χ4v) is 4.16. The van der Waals surface area contributed by atoms with Gasteiger partial charge in [0, 0.05) is 37.1 Å². The molecule has 2 saturated heterocycles. The summed E-state index contributed by atoms with van der Waals surface area (Å²) in [6.45, 7) is 6.46. The van der Waals surface area contributed by atoms with Crippen LogP contribution < -0.4 is 15.5 Å². The molecule has 2 unspecified atom stereocenters. The summed E-state index contributed by atoms with van der Waals surface area (Å²) in [5, 5.41) is 7.49. The first-order valence-corrected chi connectivity index (χ1v) is 9.17. The third kappa shape index (κ3) is 2.64. The van der Waals surface area contributed by atoms with Gasteiger partial charge in [-0.05, 0) is 31.5 Å². The second kappa shape index (κ2) is 6.02. The average Bonchev–Trinajstić information content (AvgIpc) is 3.33. The number of nitrogens with zero attached hydrogens (tertiary/aromatic N) is 4. The Morgan fingerprint density at radius 1 is 1.22 bits per heavy atom. The van der Waals surface area contributed by atoms with Gasteiger partial charge >= 0.3 is 0 Å². The highest BCUT2D eigenvalue weighted by Gasteiger charge is 2.43. The van der Waals surface area contributed by atoms with Gasteiger partial charge in [0.2, 0.25) is 11.9 Å². The number of pyridine rings is 1. The van der Waals surface area contributed by atoms with E-state index in [1.807, 2.05) is 37.1 Å². The maximum atomic E-state index is 12.5. The Bertz CT molecular complexity index is 1030. The maximum Gasteiger partial charge on any atom is 0.231 e. The molecule has 3 aromatic heterocycles. The molecule has 2 atom stereocenters. The Morgan fingerprint density at radius 3 is 2.89 bits per heavy atom. The van der Waals surface area contributed by atoms with Crippen molar-refractivity contribution in [2.75, 3.05) is 29.9 Å². The van der Waals surface area contributed by atoms with E-state index in [-0.39, 0.29) is 11.8 Å². The number of aromatic amines is 1. The van der Waals surface area contributed by atoms with Crippen LogP contribution >= 0.6 is 0 Å². The average molecular weight is 363 g/mol. The molecule has 2 aliphatic rings. The van der Waals surface area contributed by atoms with Crippen LogP contribution in [0.4, 0.5) is 17.5 Å². The third-order valence-corrected chi connectivity index (χ3v) is 5.55. The second-order valence-electron chi connectivity index (χ2n) is 7.33. The van der Waals surface area contributed by atoms with Crippen LogP contribution in [0, 0.1) is 25.7 Å². The van der Waals surface area contributed by atoms with E-state index < -0.39 is 0 Å². The fourth-order valence-electron chi connectivity index (χ4n) is 4.16. The van der Waals surface area contributed by atoms with Crippen LogP contribution in [-0.2, 0) is 4.79 Å². The van der Waals surface area contributed by atoms with Crippen molar-refractivity contribution >= 4 is 34.4 Å². The molecular weight excluding hydrogens is 342 g/mol. The van der Waals surface area contributed by atoms with E-state index in [1.165, 1.54) is 0 Å². The van der Waals surface area contributed by atoms with Crippen molar-refractivity contribution in [1.82, 2.24) is 25.3 Å². The number of aromatic nitrogens is 4. The molecule has 5 heterocycles. The van der Waals surface area contributed by atoms with Crippen LogP contribution in [-0.4, -0.2) is 45.5 Å². The van der Waals surface area contributed by atoms with E-state index in [1.54, 1.807) is 6.20 Å². The minimum absolute atomic E-state index is 0.107. The minimum atomic E-state index is 0.107. The predicted octanol–water partition coefficient (Wildman–Crippen LogP) is 1.90. The molecule has 0 aromatic carbocycles. The van der Waals surface area contributed by atoms with Crippen molar-refractivity contribution in [3.8, 4) is 0 Å². The molecule has 3 aromatic rings. The van der Waals surface area contributed by atoms with E-state index in [4.69, 9.17) is 0 Å². The molecule has 8 nitrogen and oxygen atoms in total. The number of amides is 1. The first kappa shape index (κ1) is 16.2. The van der Waals surface area contributed by atoms with Gasteiger partial charge < -0.3 is 20.5 Å². The summed E-state index contributed by atoms with van der Waals surface area (Å²) in [5.41, 5.74) is 3.70. The molecule has 27 heavy (non-hydrogen) atoms.